The van der Waals surface area contributed by atoms with Gasteiger partial charge in [0, 0.05) is 29.5 Å². The summed E-state index contributed by atoms with van der Waals surface area (Å²) >= 11 is 0. The Morgan fingerprint density at radius 3 is 1.03 bits per heavy atom. The first-order valence-electron chi connectivity index (χ1n) is 9.53. The molecule has 0 unspecified atom stereocenters. The smallest absolute Gasteiger partial charge is 0.0886 e. The molecule has 5 aromatic rings. The SMILES string of the molecule is c1ccc(N(c2ccccc2)c2ccccc2)cc1.c1ccc2nccnc2c1. The fourth-order valence-corrected chi connectivity index (χ4v) is 3.09. The molecular formula is C26H21N3. The van der Waals surface area contributed by atoms with E-state index in [-0.39, 0.29) is 0 Å². The van der Waals surface area contributed by atoms with Crippen molar-refractivity contribution in [1.29, 1.82) is 0 Å². The molecule has 5 rings (SSSR count). The van der Waals surface area contributed by atoms with E-state index >= 15 is 0 Å². The van der Waals surface area contributed by atoms with E-state index < -0.39 is 0 Å². The molecule has 0 spiro atoms. The Labute approximate surface area is 170 Å². The van der Waals surface area contributed by atoms with E-state index in [4.69, 9.17) is 0 Å². The van der Waals surface area contributed by atoms with Crippen molar-refractivity contribution in [2.75, 3.05) is 4.90 Å². The highest BCUT2D eigenvalue weighted by atomic mass is 15.1. The van der Waals surface area contributed by atoms with Gasteiger partial charge in [0.15, 0.2) is 0 Å². The van der Waals surface area contributed by atoms with Crippen molar-refractivity contribution in [2.24, 2.45) is 0 Å². The molecule has 0 fully saturated rings. The Kier molecular flexibility index (Phi) is 5.89. The van der Waals surface area contributed by atoms with Crippen molar-refractivity contribution in [3.05, 3.63) is 128 Å². The fourth-order valence-electron chi connectivity index (χ4n) is 3.09. The van der Waals surface area contributed by atoms with Gasteiger partial charge >= 0.3 is 0 Å². The molecule has 140 valence electrons. The van der Waals surface area contributed by atoms with Gasteiger partial charge in [0.2, 0.25) is 0 Å². The molecule has 3 nitrogen and oxygen atoms in total. The molecule has 1 aromatic heterocycles. The van der Waals surface area contributed by atoms with Gasteiger partial charge in [-0.3, -0.25) is 9.97 Å². The van der Waals surface area contributed by atoms with E-state index in [2.05, 4.69) is 87.7 Å². The Morgan fingerprint density at radius 1 is 0.379 bits per heavy atom. The number of aromatic nitrogens is 2. The lowest BCUT2D eigenvalue weighted by Gasteiger charge is -2.25. The van der Waals surface area contributed by atoms with Crippen LogP contribution in [-0.2, 0) is 0 Å². The summed E-state index contributed by atoms with van der Waals surface area (Å²) < 4.78 is 0. The minimum atomic E-state index is 0.949. The number of fused-ring (bicyclic) bond motifs is 1. The molecular weight excluding hydrogens is 354 g/mol. The highest BCUT2D eigenvalue weighted by Gasteiger charge is 2.10. The lowest BCUT2D eigenvalue weighted by molar-refractivity contribution is 1.28. The monoisotopic (exact) mass is 375 g/mol. The lowest BCUT2D eigenvalue weighted by Crippen LogP contribution is -2.09. The molecule has 4 aromatic carbocycles. The van der Waals surface area contributed by atoms with Crippen LogP contribution >= 0.6 is 0 Å². The molecule has 29 heavy (non-hydrogen) atoms. The molecule has 3 heteroatoms. The number of benzene rings is 4. The van der Waals surface area contributed by atoms with Gasteiger partial charge in [-0.2, -0.15) is 0 Å². The Balaban J connectivity index is 0.000000171. The van der Waals surface area contributed by atoms with Crippen molar-refractivity contribution >= 4 is 28.1 Å². The summed E-state index contributed by atoms with van der Waals surface area (Å²) in [5.41, 5.74) is 5.40. The largest absolute Gasteiger partial charge is 0.311 e. The number of hydrogen-bond donors (Lipinski definition) is 0. The van der Waals surface area contributed by atoms with Gasteiger partial charge in [-0.1, -0.05) is 66.7 Å². The zero-order chi connectivity index (χ0) is 19.7. The molecule has 1 heterocycles. The fraction of sp³-hybridized carbons (Fsp3) is 0. The van der Waals surface area contributed by atoms with Crippen LogP contribution in [0.1, 0.15) is 0 Å². The Bertz CT molecular complexity index is 984. The van der Waals surface area contributed by atoms with E-state index in [1.54, 1.807) is 12.4 Å². The highest BCUT2D eigenvalue weighted by molar-refractivity contribution is 5.76. The van der Waals surface area contributed by atoms with Gasteiger partial charge in [0.25, 0.3) is 0 Å². The van der Waals surface area contributed by atoms with Crippen LogP contribution in [0.25, 0.3) is 11.0 Å². The van der Waals surface area contributed by atoms with Gasteiger partial charge in [-0.05, 0) is 48.5 Å². The van der Waals surface area contributed by atoms with E-state index in [0.717, 1.165) is 11.0 Å². The molecule has 0 aliphatic rings. The Hall–Kier alpha value is -3.98. The molecule has 0 aliphatic heterocycles. The highest BCUT2D eigenvalue weighted by Crippen LogP contribution is 2.33. The first kappa shape index (κ1) is 18.4. The Morgan fingerprint density at radius 2 is 0.690 bits per heavy atom. The molecule has 0 saturated carbocycles. The zero-order valence-electron chi connectivity index (χ0n) is 16.0. The van der Waals surface area contributed by atoms with Crippen molar-refractivity contribution in [2.45, 2.75) is 0 Å². The van der Waals surface area contributed by atoms with Crippen LogP contribution in [0.2, 0.25) is 0 Å². The van der Waals surface area contributed by atoms with Gasteiger partial charge in [0.1, 0.15) is 0 Å². The third-order valence-electron chi connectivity index (χ3n) is 4.42. The van der Waals surface area contributed by atoms with E-state index in [9.17, 15) is 0 Å². The van der Waals surface area contributed by atoms with Gasteiger partial charge in [-0.15, -0.1) is 0 Å². The maximum atomic E-state index is 4.12. The minimum Gasteiger partial charge on any atom is -0.311 e. The topological polar surface area (TPSA) is 29.0 Å². The molecule has 0 radical (unpaired) electrons. The van der Waals surface area contributed by atoms with Crippen LogP contribution in [0.15, 0.2) is 128 Å². The third kappa shape index (κ3) is 4.66. The number of hydrogen-bond acceptors (Lipinski definition) is 3. The van der Waals surface area contributed by atoms with E-state index in [0.29, 0.717) is 0 Å². The summed E-state index contributed by atoms with van der Waals surface area (Å²) in [7, 11) is 0. The van der Waals surface area contributed by atoms with Gasteiger partial charge in [-0.25, -0.2) is 0 Å². The normalized spacial score (nSPS) is 10.1. The number of anilines is 3. The standard InChI is InChI=1S/C18H15N.C8H6N2/c1-4-10-16(11-5-1)19(17-12-6-2-7-13-17)18-14-8-3-9-15-18;1-2-4-8-7(3-1)9-5-6-10-8/h1-15H;1-6H. The van der Waals surface area contributed by atoms with Crippen molar-refractivity contribution in [3.8, 4) is 0 Å². The van der Waals surface area contributed by atoms with Crippen molar-refractivity contribution < 1.29 is 0 Å². The molecule has 0 bridgehead atoms. The van der Waals surface area contributed by atoms with Crippen LogP contribution in [-0.4, -0.2) is 9.97 Å². The molecule has 0 N–H and O–H groups in total. The second-order valence-electron chi connectivity index (χ2n) is 6.39. The predicted octanol–water partition coefficient (Wildman–Crippen LogP) is 6.79. The van der Waals surface area contributed by atoms with Crippen molar-refractivity contribution in [1.82, 2.24) is 9.97 Å². The third-order valence-corrected chi connectivity index (χ3v) is 4.42. The second-order valence-corrected chi connectivity index (χ2v) is 6.39. The summed E-state index contributed by atoms with van der Waals surface area (Å²) in [6, 6.07) is 39.1. The molecule has 0 atom stereocenters. The summed E-state index contributed by atoms with van der Waals surface area (Å²) in [6.45, 7) is 0. The van der Waals surface area contributed by atoms with Crippen LogP contribution < -0.4 is 4.90 Å². The van der Waals surface area contributed by atoms with Gasteiger partial charge < -0.3 is 4.90 Å². The minimum absolute atomic E-state index is 0.949. The zero-order valence-corrected chi connectivity index (χ0v) is 16.0. The average molecular weight is 375 g/mol. The molecule has 0 aliphatic carbocycles. The quantitative estimate of drug-likeness (QED) is 0.348. The molecule has 0 saturated heterocycles. The first-order valence-corrected chi connectivity index (χ1v) is 9.53. The van der Waals surface area contributed by atoms with Gasteiger partial charge in [0.05, 0.1) is 11.0 Å². The van der Waals surface area contributed by atoms with Crippen LogP contribution in [0.5, 0.6) is 0 Å². The number of nitrogens with zero attached hydrogens (tertiary/aromatic N) is 3. The average Bonchev–Trinajstić information content (AvgIpc) is 2.82. The summed E-state index contributed by atoms with van der Waals surface area (Å²) in [5, 5.41) is 0. The first-order chi connectivity index (χ1) is 14.4. The maximum Gasteiger partial charge on any atom is 0.0886 e. The van der Waals surface area contributed by atoms with E-state index in [1.807, 2.05) is 42.5 Å². The summed E-state index contributed by atoms with van der Waals surface area (Å²) in [5.74, 6) is 0. The number of rotatable bonds is 3. The van der Waals surface area contributed by atoms with Crippen molar-refractivity contribution in [3.63, 3.8) is 0 Å². The van der Waals surface area contributed by atoms with Crippen LogP contribution in [0, 0.1) is 0 Å². The van der Waals surface area contributed by atoms with Crippen LogP contribution in [0.4, 0.5) is 17.1 Å². The maximum absolute atomic E-state index is 4.12. The summed E-state index contributed by atoms with van der Waals surface area (Å²) in [4.78, 5) is 10.5. The predicted molar refractivity (Wildman–Crippen MR) is 121 cm³/mol. The lowest BCUT2D eigenvalue weighted by atomic mass is 10.2. The second kappa shape index (κ2) is 9.29. The molecule has 0 amide bonds. The van der Waals surface area contributed by atoms with E-state index in [1.165, 1.54) is 17.1 Å². The number of para-hydroxylation sites is 5. The van der Waals surface area contributed by atoms with Crippen LogP contribution in [0.3, 0.4) is 0 Å². The summed E-state index contributed by atoms with van der Waals surface area (Å²) in [6.07, 6.45) is 3.39.